The molecule has 0 unspecified atom stereocenters. The van der Waals surface area contributed by atoms with Crippen molar-refractivity contribution < 1.29 is 5.11 Å². The predicted molar refractivity (Wildman–Crippen MR) is 87.1 cm³/mol. The fourth-order valence-electron chi connectivity index (χ4n) is 2.91. The second-order valence-corrected chi connectivity index (χ2v) is 6.60. The van der Waals surface area contributed by atoms with Crippen LogP contribution in [0.4, 0.5) is 0 Å². The molecule has 1 aromatic rings. The van der Waals surface area contributed by atoms with Gasteiger partial charge >= 0.3 is 0 Å². The van der Waals surface area contributed by atoms with Gasteiger partial charge in [0.15, 0.2) is 0 Å². The van der Waals surface area contributed by atoms with Crippen LogP contribution in [0, 0.1) is 40.5 Å². The summed E-state index contributed by atoms with van der Waals surface area (Å²) in [5.74, 6) is 0.598. The maximum atomic E-state index is 10.4. The van der Waals surface area contributed by atoms with E-state index in [-0.39, 0.29) is 6.04 Å². The molecule has 0 aliphatic carbocycles. The molecule has 2 heteroatoms. The van der Waals surface area contributed by atoms with E-state index in [0.29, 0.717) is 5.92 Å². The molecule has 0 radical (unpaired) electrons. The number of rotatable bonds is 5. The summed E-state index contributed by atoms with van der Waals surface area (Å²) in [5.41, 5.74) is 13.9. The van der Waals surface area contributed by atoms with Crippen molar-refractivity contribution in [3.63, 3.8) is 0 Å². The third-order valence-electron chi connectivity index (χ3n) is 4.85. The van der Waals surface area contributed by atoms with E-state index < -0.39 is 6.10 Å². The Balaban J connectivity index is 3.13. The molecule has 0 saturated heterocycles. The Morgan fingerprint density at radius 2 is 1.20 bits per heavy atom. The standard InChI is InChI=1S/C18H31NO/c1-10(2)8-9-16(20)18(19)17-14(6)12(4)11(3)13(5)15(17)7/h10,16,18,20H,8-9,19H2,1-7H3/t16-,18-/m0/s1. The summed E-state index contributed by atoms with van der Waals surface area (Å²) in [4.78, 5) is 0. The fourth-order valence-corrected chi connectivity index (χ4v) is 2.91. The zero-order valence-electron chi connectivity index (χ0n) is 14.2. The van der Waals surface area contributed by atoms with Gasteiger partial charge in [-0.05, 0) is 86.8 Å². The van der Waals surface area contributed by atoms with Crippen molar-refractivity contribution in [2.45, 2.75) is 73.5 Å². The lowest BCUT2D eigenvalue weighted by Gasteiger charge is -2.26. The highest BCUT2D eigenvalue weighted by Gasteiger charge is 2.23. The quantitative estimate of drug-likeness (QED) is 0.853. The lowest BCUT2D eigenvalue weighted by Crippen LogP contribution is -2.28. The van der Waals surface area contributed by atoms with Crippen LogP contribution < -0.4 is 5.73 Å². The van der Waals surface area contributed by atoms with Crippen molar-refractivity contribution in [1.29, 1.82) is 0 Å². The summed E-state index contributed by atoms with van der Waals surface area (Å²) in [6.07, 6.45) is 1.32. The summed E-state index contributed by atoms with van der Waals surface area (Å²) in [6, 6.07) is -0.285. The minimum atomic E-state index is -0.462. The van der Waals surface area contributed by atoms with Crippen LogP contribution in [0.2, 0.25) is 0 Å². The molecule has 1 rings (SSSR count). The zero-order valence-corrected chi connectivity index (χ0v) is 14.2. The Morgan fingerprint density at radius 1 is 0.800 bits per heavy atom. The molecule has 2 atom stereocenters. The first-order chi connectivity index (χ1) is 9.18. The molecule has 114 valence electrons. The van der Waals surface area contributed by atoms with Crippen LogP contribution in [0.15, 0.2) is 0 Å². The molecular weight excluding hydrogens is 246 g/mol. The van der Waals surface area contributed by atoms with Crippen molar-refractivity contribution in [1.82, 2.24) is 0 Å². The van der Waals surface area contributed by atoms with Crippen LogP contribution >= 0.6 is 0 Å². The molecule has 1 aromatic carbocycles. The number of nitrogens with two attached hydrogens (primary N) is 1. The first-order valence-electron chi connectivity index (χ1n) is 7.68. The highest BCUT2D eigenvalue weighted by Crippen LogP contribution is 2.31. The van der Waals surface area contributed by atoms with Crippen LogP contribution in [0.3, 0.4) is 0 Å². The Morgan fingerprint density at radius 3 is 1.60 bits per heavy atom. The third-order valence-corrected chi connectivity index (χ3v) is 4.85. The van der Waals surface area contributed by atoms with Gasteiger partial charge < -0.3 is 10.8 Å². The predicted octanol–water partition coefficient (Wildman–Crippen LogP) is 4.03. The molecule has 0 aliphatic heterocycles. The molecule has 0 amide bonds. The van der Waals surface area contributed by atoms with Crippen molar-refractivity contribution in [3.05, 3.63) is 33.4 Å². The molecule has 0 aliphatic rings. The van der Waals surface area contributed by atoms with Crippen LogP contribution in [0.1, 0.15) is 66.1 Å². The Labute approximate surface area is 124 Å². The summed E-state index contributed by atoms with van der Waals surface area (Å²) >= 11 is 0. The third kappa shape index (κ3) is 3.42. The second kappa shape index (κ2) is 6.73. The topological polar surface area (TPSA) is 46.2 Å². The maximum absolute atomic E-state index is 10.4. The SMILES string of the molecule is Cc1c(C)c(C)c([C@@H](N)[C@@H](O)CCC(C)C)c(C)c1C. The molecule has 0 aromatic heterocycles. The van der Waals surface area contributed by atoms with Gasteiger partial charge in [-0.1, -0.05) is 13.8 Å². The van der Waals surface area contributed by atoms with E-state index in [9.17, 15) is 5.11 Å². The van der Waals surface area contributed by atoms with Crippen molar-refractivity contribution in [2.24, 2.45) is 11.7 Å². The van der Waals surface area contributed by atoms with Crippen LogP contribution in [0.25, 0.3) is 0 Å². The lowest BCUT2D eigenvalue weighted by atomic mass is 9.84. The first kappa shape index (κ1) is 17.2. The Bertz CT molecular complexity index is 448. The summed E-state index contributed by atoms with van der Waals surface area (Å²) in [6.45, 7) is 15.1. The summed E-state index contributed by atoms with van der Waals surface area (Å²) in [5, 5.41) is 10.4. The number of hydrogen-bond donors (Lipinski definition) is 2. The van der Waals surface area contributed by atoms with E-state index in [0.717, 1.165) is 18.4 Å². The molecule has 20 heavy (non-hydrogen) atoms. The van der Waals surface area contributed by atoms with Gasteiger partial charge in [-0.25, -0.2) is 0 Å². The molecular formula is C18H31NO. The van der Waals surface area contributed by atoms with Gasteiger partial charge in [-0.15, -0.1) is 0 Å². The van der Waals surface area contributed by atoms with Gasteiger partial charge in [0.05, 0.1) is 12.1 Å². The Hall–Kier alpha value is -0.860. The van der Waals surface area contributed by atoms with Gasteiger partial charge in [-0.3, -0.25) is 0 Å². The van der Waals surface area contributed by atoms with E-state index >= 15 is 0 Å². The highest BCUT2D eigenvalue weighted by molar-refractivity contribution is 5.50. The average molecular weight is 277 g/mol. The average Bonchev–Trinajstić information content (AvgIpc) is 2.40. The van der Waals surface area contributed by atoms with Crippen LogP contribution in [-0.2, 0) is 0 Å². The van der Waals surface area contributed by atoms with Crippen molar-refractivity contribution >= 4 is 0 Å². The minimum absolute atomic E-state index is 0.285. The zero-order chi connectivity index (χ0) is 15.6. The normalized spacial score (nSPS) is 14.7. The first-order valence-corrected chi connectivity index (χ1v) is 7.68. The van der Waals surface area contributed by atoms with Crippen LogP contribution in [0.5, 0.6) is 0 Å². The molecule has 3 N–H and O–H groups in total. The number of hydrogen-bond acceptors (Lipinski definition) is 2. The van der Waals surface area contributed by atoms with Gasteiger partial charge in [0, 0.05) is 0 Å². The molecule has 0 heterocycles. The largest absolute Gasteiger partial charge is 0.391 e. The van der Waals surface area contributed by atoms with E-state index in [2.05, 4.69) is 48.5 Å². The molecule has 0 saturated carbocycles. The monoisotopic (exact) mass is 277 g/mol. The maximum Gasteiger partial charge on any atom is 0.0733 e. The van der Waals surface area contributed by atoms with E-state index in [1.165, 1.54) is 27.8 Å². The second-order valence-electron chi connectivity index (χ2n) is 6.60. The number of aliphatic hydroxyl groups excluding tert-OH is 1. The highest BCUT2D eigenvalue weighted by atomic mass is 16.3. The smallest absolute Gasteiger partial charge is 0.0733 e. The molecule has 2 nitrogen and oxygen atoms in total. The van der Waals surface area contributed by atoms with Crippen molar-refractivity contribution in [2.75, 3.05) is 0 Å². The van der Waals surface area contributed by atoms with E-state index in [4.69, 9.17) is 5.73 Å². The van der Waals surface area contributed by atoms with Gasteiger partial charge in [-0.2, -0.15) is 0 Å². The molecule has 0 spiro atoms. The fraction of sp³-hybridized carbons (Fsp3) is 0.667. The van der Waals surface area contributed by atoms with Crippen LogP contribution in [-0.4, -0.2) is 11.2 Å². The van der Waals surface area contributed by atoms with E-state index in [1.807, 2.05) is 0 Å². The van der Waals surface area contributed by atoms with Gasteiger partial charge in [0.25, 0.3) is 0 Å². The van der Waals surface area contributed by atoms with E-state index in [1.54, 1.807) is 0 Å². The summed E-state index contributed by atoms with van der Waals surface area (Å²) < 4.78 is 0. The number of benzene rings is 1. The van der Waals surface area contributed by atoms with Crippen molar-refractivity contribution in [3.8, 4) is 0 Å². The van der Waals surface area contributed by atoms with Gasteiger partial charge in [0.1, 0.15) is 0 Å². The molecule has 0 bridgehead atoms. The molecule has 0 fully saturated rings. The minimum Gasteiger partial charge on any atom is -0.391 e. The lowest BCUT2D eigenvalue weighted by molar-refractivity contribution is 0.128. The Kier molecular flexibility index (Phi) is 5.79. The van der Waals surface area contributed by atoms with Gasteiger partial charge in [0.2, 0.25) is 0 Å². The number of aliphatic hydroxyl groups is 1. The summed E-state index contributed by atoms with van der Waals surface area (Å²) in [7, 11) is 0.